The second-order valence-electron chi connectivity index (χ2n) is 4.45. The molecule has 2 aromatic rings. The number of amides is 1. The molecule has 0 aliphatic rings. The van der Waals surface area contributed by atoms with E-state index in [4.69, 9.17) is 10.5 Å². The number of carbonyl (C=O) groups is 1. The summed E-state index contributed by atoms with van der Waals surface area (Å²) in [5, 5.41) is 2.90. The van der Waals surface area contributed by atoms with E-state index in [1.807, 2.05) is 36.4 Å². The Hall–Kier alpha value is -2.17. The first-order valence-electron chi connectivity index (χ1n) is 6.42. The summed E-state index contributed by atoms with van der Waals surface area (Å²) in [6, 6.07) is 14.9. The Balaban J connectivity index is 2.19. The zero-order valence-electron chi connectivity index (χ0n) is 11.4. The average molecular weight is 270 g/mol. The number of para-hydroxylation sites is 1. The Morgan fingerprint density at radius 1 is 1.20 bits per heavy atom. The first kappa shape index (κ1) is 14.2. The number of methoxy groups -OCH3 is 1. The van der Waals surface area contributed by atoms with Crippen LogP contribution >= 0.6 is 0 Å². The van der Waals surface area contributed by atoms with Gasteiger partial charge in [0.2, 0.25) is 0 Å². The first-order valence-corrected chi connectivity index (χ1v) is 6.42. The number of anilines is 1. The van der Waals surface area contributed by atoms with Crippen LogP contribution in [0.1, 0.15) is 21.5 Å². The summed E-state index contributed by atoms with van der Waals surface area (Å²) in [5.74, 6) is -0.149. The summed E-state index contributed by atoms with van der Waals surface area (Å²) in [6.07, 6.45) is 0. The van der Waals surface area contributed by atoms with E-state index in [1.165, 1.54) is 0 Å². The van der Waals surface area contributed by atoms with Crippen molar-refractivity contribution in [3.05, 3.63) is 65.2 Å². The molecular weight excluding hydrogens is 252 g/mol. The fourth-order valence-electron chi connectivity index (χ4n) is 1.96. The topological polar surface area (TPSA) is 64.3 Å². The molecule has 0 saturated carbocycles. The molecule has 2 rings (SSSR count). The van der Waals surface area contributed by atoms with Gasteiger partial charge >= 0.3 is 0 Å². The lowest BCUT2D eigenvalue weighted by molar-refractivity contribution is 0.102. The second kappa shape index (κ2) is 6.84. The molecule has 0 spiro atoms. The van der Waals surface area contributed by atoms with Gasteiger partial charge in [0.05, 0.1) is 6.61 Å². The van der Waals surface area contributed by atoms with Crippen LogP contribution in [0.5, 0.6) is 0 Å². The average Bonchev–Trinajstić information content (AvgIpc) is 2.49. The molecule has 0 aliphatic heterocycles. The van der Waals surface area contributed by atoms with E-state index in [1.54, 1.807) is 19.2 Å². The van der Waals surface area contributed by atoms with Gasteiger partial charge in [0.25, 0.3) is 5.91 Å². The smallest absolute Gasteiger partial charge is 0.255 e. The Morgan fingerprint density at radius 3 is 2.75 bits per heavy atom. The predicted molar refractivity (Wildman–Crippen MR) is 79.4 cm³/mol. The predicted octanol–water partition coefficient (Wildman–Crippen LogP) is 2.54. The number of hydrogen-bond acceptors (Lipinski definition) is 3. The van der Waals surface area contributed by atoms with Crippen molar-refractivity contribution in [2.45, 2.75) is 13.2 Å². The Morgan fingerprint density at radius 2 is 2.00 bits per heavy atom. The van der Waals surface area contributed by atoms with Crippen molar-refractivity contribution in [2.75, 3.05) is 12.4 Å². The zero-order valence-corrected chi connectivity index (χ0v) is 11.4. The molecule has 4 heteroatoms. The van der Waals surface area contributed by atoms with E-state index >= 15 is 0 Å². The summed E-state index contributed by atoms with van der Waals surface area (Å²) in [7, 11) is 1.63. The van der Waals surface area contributed by atoms with E-state index in [9.17, 15) is 4.79 Å². The largest absolute Gasteiger partial charge is 0.380 e. The third kappa shape index (κ3) is 3.44. The summed E-state index contributed by atoms with van der Waals surface area (Å²) < 4.78 is 5.12. The summed E-state index contributed by atoms with van der Waals surface area (Å²) >= 11 is 0. The normalized spacial score (nSPS) is 10.3. The van der Waals surface area contributed by atoms with Crippen LogP contribution in [0.2, 0.25) is 0 Å². The number of nitrogens with one attached hydrogen (secondary N) is 1. The van der Waals surface area contributed by atoms with Crippen LogP contribution < -0.4 is 11.1 Å². The zero-order chi connectivity index (χ0) is 14.4. The highest BCUT2D eigenvalue weighted by Gasteiger charge is 2.09. The lowest BCUT2D eigenvalue weighted by Crippen LogP contribution is -2.14. The molecule has 0 saturated heterocycles. The van der Waals surface area contributed by atoms with Crippen LogP contribution in [0.25, 0.3) is 0 Å². The molecule has 20 heavy (non-hydrogen) atoms. The maximum atomic E-state index is 12.2. The van der Waals surface area contributed by atoms with Crippen molar-refractivity contribution >= 4 is 11.6 Å². The molecule has 0 bridgehead atoms. The Labute approximate surface area is 118 Å². The molecule has 4 nitrogen and oxygen atoms in total. The number of rotatable bonds is 5. The minimum absolute atomic E-state index is 0.149. The highest BCUT2D eigenvalue weighted by atomic mass is 16.5. The van der Waals surface area contributed by atoms with E-state index < -0.39 is 0 Å². The van der Waals surface area contributed by atoms with Crippen LogP contribution in [-0.2, 0) is 17.9 Å². The standard InChI is InChI=1S/C16H18N2O2/c1-20-11-14-6-2-3-8-15(14)18-16(19)13-7-4-5-12(9-13)10-17/h2-9H,10-11,17H2,1H3,(H,18,19). The number of hydrogen-bond donors (Lipinski definition) is 2. The van der Waals surface area contributed by atoms with E-state index in [2.05, 4.69) is 5.32 Å². The Bertz CT molecular complexity index is 597. The third-order valence-electron chi connectivity index (χ3n) is 2.99. The van der Waals surface area contributed by atoms with Gasteiger partial charge in [0.1, 0.15) is 0 Å². The van der Waals surface area contributed by atoms with E-state index in [0.29, 0.717) is 18.7 Å². The van der Waals surface area contributed by atoms with Crippen LogP contribution in [0.15, 0.2) is 48.5 Å². The first-order chi connectivity index (χ1) is 9.74. The van der Waals surface area contributed by atoms with E-state index in [0.717, 1.165) is 16.8 Å². The monoisotopic (exact) mass is 270 g/mol. The summed E-state index contributed by atoms with van der Waals surface area (Å²) in [4.78, 5) is 12.2. The minimum Gasteiger partial charge on any atom is -0.380 e. The van der Waals surface area contributed by atoms with Crippen molar-refractivity contribution in [3.8, 4) is 0 Å². The molecule has 0 heterocycles. The fourth-order valence-corrected chi connectivity index (χ4v) is 1.96. The van der Waals surface area contributed by atoms with Gasteiger partial charge in [-0.3, -0.25) is 4.79 Å². The molecule has 2 aromatic carbocycles. The second-order valence-corrected chi connectivity index (χ2v) is 4.45. The fraction of sp³-hybridized carbons (Fsp3) is 0.188. The molecule has 0 aliphatic carbocycles. The summed E-state index contributed by atoms with van der Waals surface area (Å²) in [5.41, 5.74) is 8.82. The molecule has 1 amide bonds. The Kier molecular flexibility index (Phi) is 4.87. The highest BCUT2D eigenvalue weighted by Crippen LogP contribution is 2.17. The van der Waals surface area contributed by atoms with Crippen molar-refractivity contribution in [1.82, 2.24) is 0 Å². The maximum Gasteiger partial charge on any atom is 0.255 e. The quantitative estimate of drug-likeness (QED) is 0.877. The van der Waals surface area contributed by atoms with Gasteiger partial charge in [-0.25, -0.2) is 0 Å². The van der Waals surface area contributed by atoms with Crippen LogP contribution in [0, 0.1) is 0 Å². The minimum atomic E-state index is -0.149. The molecular formula is C16H18N2O2. The van der Waals surface area contributed by atoms with Gasteiger partial charge in [-0.1, -0.05) is 30.3 Å². The lowest BCUT2D eigenvalue weighted by atomic mass is 10.1. The van der Waals surface area contributed by atoms with Crippen molar-refractivity contribution < 1.29 is 9.53 Å². The van der Waals surface area contributed by atoms with E-state index in [-0.39, 0.29) is 5.91 Å². The van der Waals surface area contributed by atoms with Gasteiger partial charge in [-0.2, -0.15) is 0 Å². The van der Waals surface area contributed by atoms with Gasteiger partial charge < -0.3 is 15.8 Å². The number of benzene rings is 2. The van der Waals surface area contributed by atoms with Crippen molar-refractivity contribution in [3.63, 3.8) is 0 Å². The van der Waals surface area contributed by atoms with Gasteiger partial charge in [-0.05, 0) is 23.8 Å². The maximum absolute atomic E-state index is 12.2. The lowest BCUT2D eigenvalue weighted by Gasteiger charge is -2.11. The molecule has 104 valence electrons. The molecule has 0 radical (unpaired) electrons. The van der Waals surface area contributed by atoms with Gasteiger partial charge in [0, 0.05) is 30.5 Å². The SMILES string of the molecule is COCc1ccccc1NC(=O)c1cccc(CN)c1. The highest BCUT2D eigenvalue weighted by molar-refractivity contribution is 6.04. The van der Waals surface area contributed by atoms with Crippen LogP contribution in [0.3, 0.4) is 0 Å². The molecule has 0 aromatic heterocycles. The number of nitrogens with two attached hydrogens (primary N) is 1. The molecule has 0 fully saturated rings. The summed E-state index contributed by atoms with van der Waals surface area (Å²) in [6.45, 7) is 0.876. The van der Waals surface area contributed by atoms with Crippen LogP contribution in [0.4, 0.5) is 5.69 Å². The van der Waals surface area contributed by atoms with Crippen LogP contribution in [-0.4, -0.2) is 13.0 Å². The van der Waals surface area contributed by atoms with Crippen molar-refractivity contribution in [1.29, 1.82) is 0 Å². The number of ether oxygens (including phenoxy) is 1. The third-order valence-corrected chi connectivity index (χ3v) is 2.99. The number of carbonyl (C=O) groups excluding carboxylic acids is 1. The van der Waals surface area contributed by atoms with Gasteiger partial charge in [-0.15, -0.1) is 0 Å². The molecule has 0 atom stereocenters. The molecule has 3 N–H and O–H groups in total. The van der Waals surface area contributed by atoms with Crippen molar-refractivity contribution in [2.24, 2.45) is 5.73 Å². The van der Waals surface area contributed by atoms with Gasteiger partial charge in [0.15, 0.2) is 0 Å². The molecule has 0 unspecified atom stereocenters.